The lowest BCUT2D eigenvalue weighted by molar-refractivity contribution is -0.137. The van der Waals surface area contributed by atoms with Gasteiger partial charge in [0.25, 0.3) is 11.8 Å². The van der Waals surface area contributed by atoms with Gasteiger partial charge in [-0.05, 0) is 66.4 Å². The molecule has 0 aliphatic rings. The molecule has 0 radical (unpaired) electrons. The molecule has 0 saturated heterocycles. The molecule has 4 aromatic rings. The maximum Gasteiger partial charge on any atom is 0.305 e. The Morgan fingerprint density at radius 2 is 1.47 bits per heavy atom. The van der Waals surface area contributed by atoms with Crippen LogP contribution in [-0.4, -0.2) is 54.6 Å². The van der Waals surface area contributed by atoms with Crippen LogP contribution >= 0.6 is 0 Å². The van der Waals surface area contributed by atoms with Crippen LogP contribution in [0.15, 0.2) is 84.9 Å². The average Bonchev–Trinajstić information content (AvgIpc) is 3.04. The van der Waals surface area contributed by atoms with Crippen molar-refractivity contribution in [2.75, 3.05) is 26.8 Å². The highest BCUT2D eigenvalue weighted by Crippen LogP contribution is 2.30. The monoisotopic (exact) mass is 616 g/mol. The van der Waals surface area contributed by atoms with Crippen molar-refractivity contribution in [1.29, 1.82) is 0 Å². The molecular weight excluding hydrogens is 582 g/mol. The Kier molecular flexibility index (Phi) is 11.2. The Bertz CT molecular complexity index is 1660. The van der Waals surface area contributed by atoms with Crippen LogP contribution < -0.4 is 14.8 Å². The number of carboxylic acid groups (broad SMARTS) is 1. The SMILES string of the molecule is CCOc1ccc(CCN(CCC(=O)O)C(=O)c2ccccc2-c2ccccc2C(=O)NCc2c(F)cccc2F)cc1OC. The normalized spacial score (nSPS) is 10.7. The van der Waals surface area contributed by atoms with Crippen molar-refractivity contribution >= 4 is 17.8 Å². The number of rotatable bonds is 14. The standard InChI is InChI=1S/C35H34F2N2O6/c1-3-45-31-16-15-23(21-32(31)44-2)17-19-39(20-18-33(40)41)35(43)27-12-7-5-10-25(27)24-9-4-6-11-26(24)34(42)38-22-28-29(36)13-8-14-30(28)37/h4-16,21H,3,17-20,22H2,1-2H3,(H,38,42)(H,40,41). The van der Waals surface area contributed by atoms with Crippen molar-refractivity contribution in [2.45, 2.75) is 26.3 Å². The topological polar surface area (TPSA) is 105 Å². The number of hydrogen-bond acceptors (Lipinski definition) is 5. The predicted octanol–water partition coefficient (Wildman–Crippen LogP) is 6.13. The third-order valence-corrected chi connectivity index (χ3v) is 7.19. The van der Waals surface area contributed by atoms with E-state index in [0.29, 0.717) is 35.7 Å². The van der Waals surface area contributed by atoms with Crippen molar-refractivity contribution in [3.05, 3.63) is 119 Å². The van der Waals surface area contributed by atoms with E-state index >= 15 is 0 Å². The van der Waals surface area contributed by atoms with E-state index < -0.39 is 29.4 Å². The summed E-state index contributed by atoms with van der Waals surface area (Å²) in [5.74, 6) is -2.43. The Morgan fingerprint density at radius 3 is 2.11 bits per heavy atom. The zero-order chi connectivity index (χ0) is 32.3. The molecule has 8 nitrogen and oxygen atoms in total. The van der Waals surface area contributed by atoms with Crippen molar-refractivity contribution < 1.29 is 37.7 Å². The van der Waals surface area contributed by atoms with Gasteiger partial charge in [-0.1, -0.05) is 48.5 Å². The van der Waals surface area contributed by atoms with E-state index in [9.17, 15) is 28.3 Å². The van der Waals surface area contributed by atoms with Crippen molar-refractivity contribution in [3.63, 3.8) is 0 Å². The van der Waals surface area contributed by atoms with Crippen molar-refractivity contribution in [2.24, 2.45) is 0 Å². The van der Waals surface area contributed by atoms with Crippen LogP contribution in [0, 0.1) is 11.6 Å². The van der Waals surface area contributed by atoms with Gasteiger partial charge in [-0.25, -0.2) is 8.78 Å². The van der Waals surface area contributed by atoms with E-state index in [1.54, 1.807) is 54.6 Å². The lowest BCUT2D eigenvalue weighted by atomic mass is 9.94. The molecule has 2 N–H and O–H groups in total. The first-order chi connectivity index (χ1) is 21.7. The molecule has 0 aromatic heterocycles. The number of nitrogens with one attached hydrogen (secondary N) is 1. The summed E-state index contributed by atoms with van der Waals surface area (Å²) in [5, 5.41) is 12.0. The molecule has 10 heteroatoms. The molecule has 0 spiro atoms. The number of halogens is 2. The molecule has 0 fully saturated rings. The number of carbonyl (C=O) groups is 3. The molecule has 45 heavy (non-hydrogen) atoms. The van der Waals surface area contributed by atoms with Crippen LogP contribution in [0.1, 0.15) is 45.2 Å². The molecule has 2 amide bonds. The van der Waals surface area contributed by atoms with Gasteiger partial charge < -0.3 is 24.8 Å². The Hall–Kier alpha value is -5.25. The highest BCUT2D eigenvalue weighted by molar-refractivity contribution is 6.06. The van der Waals surface area contributed by atoms with E-state index in [4.69, 9.17) is 9.47 Å². The summed E-state index contributed by atoms with van der Waals surface area (Å²) in [5.41, 5.74) is 1.96. The van der Waals surface area contributed by atoms with Crippen LogP contribution in [0.2, 0.25) is 0 Å². The fourth-order valence-corrected chi connectivity index (χ4v) is 4.91. The number of methoxy groups -OCH3 is 1. The second kappa shape index (κ2) is 15.5. The molecule has 4 aromatic carbocycles. The predicted molar refractivity (Wildman–Crippen MR) is 165 cm³/mol. The van der Waals surface area contributed by atoms with E-state index in [1.165, 1.54) is 18.1 Å². The Balaban J connectivity index is 1.61. The van der Waals surface area contributed by atoms with Gasteiger partial charge >= 0.3 is 5.97 Å². The van der Waals surface area contributed by atoms with Crippen molar-refractivity contribution in [1.82, 2.24) is 10.2 Å². The fourth-order valence-electron chi connectivity index (χ4n) is 4.91. The minimum absolute atomic E-state index is 0.0347. The first-order valence-electron chi connectivity index (χ1n) is 14.4. The molecule has 0 aliphatic carbocycles. The van der Waals surface area contributed by atoms with Gasteiger partial charge in [0.1, 0.15) is 11.6 Å². The van der Waals surface area contributed by atoms with Gasteiger partial charge in [0, 0.05) is 36.3 Å². The van der Waals surface area contributed by atoms with Gasteiger partial charge in [0.05, 0.1) is 20.1 Å². The summed E-state index contributed by atoms with van der Waals surface area (Å²) in [6, 6.07) is 22.3. The summed E-state index contributed by atoms with van der Waals surface area (Å²) >= 11 is 0. The van der Waals surface area contributed by atoms with E-state index in [-0.39, 0.29) is 42.7 Å². The maximum atomic E-state index is 14.2. The molecule has 0 heterocycles. The van der Waals surface area contributed by atoms with Gasteiger partial charge in [0.15, 0.2) is 11.5 Å². The third kappa shape index (κ3) is 8.23. The van der Waals surface area contributed by atoms with Crippen LogP contribution in [0.25, 0.3) is 11.1 Å². The molecule has 0 saturated carbocycles. The summed E-state index contributed by atoms with van der Waals surface area (Å²) in [6.07, 6.45) is 0.161. The van der Waals surface area contributed by atoms with Crippen molar-refractivity contribution in [3.8, 4) is 22.6 Å². The molecular formula is C35H34F2N2O6. The molecule has 0 unspecified atom stereocenters. The smallest absolute Gasteiger partial charge is 0.305 e. The average molecular weight is 617 g/mol. The minimum Gasteiger partial charge on any atom is -0.493 e. The van der Waals surface area contributed by atoms with Crippen LogP contribution in [0.5, 0.6) is 11.5 Å². The van der Waals surface area contributed by atoms with E-state index in [2.05, 4.69) is 5.32 Å². The highest BCUT2D eigenvalue weighted by Gasteiger charge is 2.23. The van der Waals surface area contributed by atoms with Gasteiger partial charge in [-0.2, -0.15) is 0 Å². The number of amides is 2. The number of benzene rings is 4. The number of aliphatic carboxylic acids is 1. The van der Waals surface area contributed by atoms with Gasteiger partial charge in [-0.15, -0.1) is 0 Å². The summed E-state index contributed by atoms with van der Waals surface area (Å²) in [4.78, 5) is 40.2. The molecule has 4 rings (SSSR count). The second-order valence-corrected chi connectivity index (χ2v) is 10.1. The fraction of sp³-hybridized carbons (Fsp3) is 0.229. The Labute approximate surface area is 260 Å². The number of nitrogens with zero attached hydrogens (tertiary/aromatic N) is 1. The van der Waals surface area contributed by atoms with E-state index in [0.717, 1.165) is 17.7 Å². The van der Waals surface area contributed by atoms with Crippen LogP contribution in [0.4, 0.5) is 8.78 Å². The summed E-state index contributed by atoms with van der Waals surface area (Å²) in [7, 11) is 1.54. The number of carbonyl (C=O) groups excluding carboxylic acids is 2. The minimum atomic E-state index is -1.04. The first kappa shape index (κ1) is 32.7. The van der Waals surface area contributed by atoms with Crippen LogP contribution in [-0.2, 0) is 17.8 Å². The zero-order valence-electron chi connectivity index (χ0n) is 25.0. The lowest BCUT2D eigenvalue weighted by Gasteiger charge is -2.24. The number of hydrogen-bond donors (Lipinski definition) is 2. The second-order valence-electron chi connectivity index (χ2n) is 10.1. The van der Waals surface area contributed by atoms with Gasteiger partial charge in [-0.3, -0.25) is 14.4 Å². The zero-order valence-corrected chi connectivity index (χ0v) is 25.0. The molecule has 0 bridgehead atoms. The van der Waals surface area contributed by atoms with Crippen LogP contribution in [0.3, 0.4) is 0 Å². The van der Waals surface area contributed by atoms with E-state index in [1.807, 2.05) is 19.1 Å². The lowest BCUT2D eigenvalue weighted by Crippen LogP contribution is -2.35. The number of carboxylic acids is 1. The summed E-state index contributed by atoms with van der Waals surface area (Å²) in [6.45, 7) is 2.16. The van der Waals surface area contributed by atoms with Gasteiger partial charge in [0.2, 0.25) is 0 Å². The Morgan fingerprint density at radius 1 is 0.822 bits per heavy atom. The largest absolute Gasteiger partial charge is 0.493 e. The first-order valence-corrected chi connectivity index (χ1v) is 14.4. The molecule has 0 aliphatic heterocycles. The summed E-state index contributed by atoms with van der Waals surface area (Å²) < 4.78 is 39.3. The molecule has 234 valence electrons. The quantitative estimate of drug-likeness (QED) is 0.177. The maximum absolute atomic E-state index is 14.2. The number of ether oxygens (including phenoxy) is 2. The molecule has 0 atom stereocenters. The third-order valence-electron chi connectivity index (χ3n) is 7.19. The highest BCUT2D eigenvalue weighted by atomic mass is 19.1.